The van der Waals surface area contributed by atoms with Crippen LogP contribution in [-0.2, 0) is 14.8 Å². The van der Waals surface area contributed by atoms with E-state index in [1.165, 1.54) is 4.31 Å². The molecule has 0 bridgehead atoms. The lowest BCUT2D eigenvalue weighted by molar-refractivity contribution is -0.0170. The predicted molar refractivity (Wildman–Crippen MR) is 77.2 cm³/mol. The van der Waals surface area contributed by atoms with E-state index in [-0.39, 0.29) is 17.0 Å². The van der Waals surface area contributed by atoms with Crippen LogP contribution < -0.4 is 5.32 Å². The molecule has 0 radical (unpaired) electrons. The van der Waals surface area contributed by atoms with Gasteiger partial charge in [-0.15, -0.1) is 0 Å². The summed E-state index contributed by atoms with van der Waals surface area (Å²) in [6, 6.07) is 3.06. The highest BCUT2D eigenvalue weighted by atomic mass is 32.2. The van der Waals surface area contributed by atoms with Crippen molar-refractivity contribution in [1.29, 1.82) is 0 Å². The van der Waals surface area contributed by atoms with Gasteiger partial charge in [-0.2, -0.15) is 4.31 Å². The molecule has 6 nitrogen and oxygen atoms in total. The molecule has 1 aliphatic rings. The number of morpholine rings is 1. The fraction of sp³-hybridized carbons (Fsp3) is 0.615. The van der Waals surface area contributed by atoms with Crippen molar-refractivity contribution in [2.45, 2.75) is 37.8 Å². The van der Waals surface area contributed by atoms with E-state index in [9.17, 15) is 8.42 Å². The summed E-state index contributed by atoms with van der Waals surface area (Å²) in [5.41, 5.74) is 0. The minimum atomic E-state index is -3.57. The van der Waals surface area contributed by atoms with Crippen LogP contribution in [0.4, 0.5) is 5.82 Å². The Hall–Kier alpha value is -1.18. The summed E-state index contributed by atoms with van der Waals surface area (Å²) in [6.45, 7) is 7.04. The zero-order chi connectivity index (χ0) is 14.8. The molecule has 1 aliphatic heterocycles. The first kappa shape index (κ1) is 15.2. The molecule has 1 aromatic heterocycles. The topological polar surface area (TPSA) is 71.5 Å². The van der Waals surface area contributed by atoms with Gasteiger partial charge in [0.1, 0.15) is 10.7 Å². The van der Waals surface area contributed by atoms with Crippen molar-refractivity contribution in [3.63, 3.8) is 0 Å². The van der Waals surface area contributed by atoms with Crippen LogP contribution >= 0.6 is 0 Å². The Bertz CT molecular complexity index is 562. The van der Waals surface area contributed by atoms with Gasteiger partial charge in [-0.05, 0) is 32.9 Å². The van der Waals surface area contributed by atoms with Crippen molar-refractivity contribution >= 4 is 15.8 Å². The van der Waals surface area contributed by atoms with Crippen LogP contribution in [0, 0.1) is 0 Å². The first-order chi connectivity index (χ1) is 9.46. The van der Waals surface area contributed by atoms with Crippen LogP contribution in [0.5, 0.6) is 0 Å². The lowest BCUT2D eigenvalue weighted by atomic mass is 10.2. The average molecular weight is 299 g/mol. The van der Waals surface area contributed by atoms with E-state index in [2.05, 4.69) is 10.3 Å². The number of nitrogens with zero attached hydrogens (tertiary/aromatic N) is 2. The van der Waals surface area contributed by atoms with Gasteiger partial charge in [0.15, 0.2) is 0 Å². The average Bonchev–Trinajstić information content (AvgIpc) is 2.42. The molecule has 0 amide bonds. The number of nitrogens with one attached hydrogen (secondary N) is 1. The van der Waals surface area contributed by atoms with E-state index in [1.807, 2.05) is 20.8 Å². The van der Waals surface area contributed by atoms with E-state index >= 15 is 0 Å². The van der Waals surface area contributed by atoms with Crippen molar-refractivity contribution in [2.24, 2.45) is 0 Å². The lowest BCUT2D eigenvalue weighted by Gasteiger charge is -2.35. The number of aromatic nitrogens is 1. The fourth-order valence-corrected chi connectivity index (χ4v) is 4.05. The molecule has 112 valence electrons. The van der Waals surface area contributed by atoms with E-state index in [4.69, 9.17) is 4.74 Å². The molecule has 2 heterocycles. The number of hydrogen-bond donors (Lipinski definition) is 1. The number of anilines is 1. The van der Waals surface area contributed by atoms with Crippen molar-refractivity contribution in [1.82, 2.24) is 9.29 Å². The number of rotatable bonds is 4. The summed E-state index contributed by atoms with van der Waals surface area (Å²) < 4.78 is 32.6. The van der Waals surface area contributed by atoms with Gasteiger partial charge in [0.05, 0.1) is 12.7 Å². The third-order valence-corrected chi connectivity index (χ3v) is 5.26. The highest BCUT2D eigenvalue weighted by Crippen LogP contribution is 2.26. The maximum absolute atomic E-state index is 12.8. The minimum Gasteiger partial charge on any atom is -0.375 e. The highest BCUT2D eigenvalue weighted by molar-refractivity contribution is 7.89. The molecule has 2 rings (SSSR count). The van der Waals surface area contributed by atoms with Crippen LogP contribution in [-0.4, -0.2) is 49.5 Å². The number of hydrogen-bond acceptors (Lipinski definition) is 5. The second-order valence-electron chi connectivity index (χ2n) is 4.95. The largest absolute Gasteiger partial charge is 0.375 e. The maximum Gasteiger partial charge on any atom is 0.247 e. The summed E-state index contributed by atoms with van der Waals surface area (Å²) in [5.74, 6) is 0.404. The van der Waals surface area contributed by atoms with Crippen LogP contribution in [0.25, 0.3) is 0 Å². The van der Waals surface area contributed by atoms with Crippen LogP contribution in [0.3, 0.4) is 0 Å². The molecular weight excluding hydrogens is 278 g/mol. The summed E-state index contributed by atoms with van der Waals surface area (Å²) in [7, 11) is -3.57. The lowest BCUT2D eigenvalue weighted by Crippen LogP contribution is -2.50. The molecule has 2 atom stereocenters. The number of sulfonamides is 1. The molecule has 1 saturated heterocycles. The van der Waals surface area contributed by atoms with E-state index < -0.39 is 10.0 Å². The monoisotopic (exact) mass is 299 g/mol. The van der Waals surface area contributed by atoms with Gasteiger partial charge >= 0.3 is 0 Å². The Balaban J connectivity index is 2.39. The molecule has 1 N–H and O–H groups in total. The quantitative estimate of drug-likeness (QED) is 0.907. The molecular formula is C13H21N3O3S. The van der Waals surface area contributed by atoms with E-state index in [1.54, 1.807) is 18.3 Å². The van der Waals surface area contributed by atoms with Crippen molar-refractivity contribution < 1.29 is 13.2 Å². The Kier molecular flexibility index (Phi) is 4.62. The van der Waals surface area contributed by atoms with Crippen molar-refractivity contribution in [3.05, 3.63) is 18.3 Å². The van der Waals surface area contributed by atoms with Gasteiger partial charge in [0.25, 0.3) is 0 Å². The second-order valence-corrected chi connectivity index (χ2v) is 6.81. The SMILES string of the molecule is CCNc1ncccc1S(=O)(=O)N1CC(C)OCC1C. The molecule has 7 heteroatoms. The van der Waals surface area contributed by atoms with Gasteiger partial charge in [0, 0.05) is 25.3 Å². The van der Waals surface area contributed by atoms with Gasteiger partial charge in [0.2, 0.25) is 10.0 Å². The summed E-state index contributed by atoms with van der Waals surface area (Å²) >= 11 is 0. The van der Waals surface area contributed by atoms with Gasteiger partial charge in [-0.1, -0.05) is 0 Å². The van der Waals surface area contributed by atoms with Crippen LogP contribution in [0.2, 0.25) is 0 Å². The third-order valence-electron chi connectivity index (χ3n) is 3.25. The van der Waals surface area contributed by atoms with Crippen molar-refractivity contribution in [3.8, 4) is 0 Å². The number of ether oxygens (including phenoxy) is 1. The Labute approximate surface area is 120 Å². The Morgan fingerprint density at radius 2 is 2.25 bits per heavy atom. The van der Waals surface area contributed by atoms with Crippen LogP contribution in [0.15, 0.2) is 23.2 Å². The summed E-state index contributed by atoms with van der Waals surface area (Å²) in [6.07, 6.45) is 1.49. The first-order valence-electron chi connectivity index (χ1n) is 6.79. The molecule has 0 aliphatic carbocycles. The van der Waals surface area contributed by atoms with E-state index in [0.717, 1.165) is 0 Å². The zero-order valence-electron chi connectivity index (χ0n) is 12.0. The predicted octanol–water partition coefficient (Wildman–Crippen LogP) is 1.31. The zero-order valence-corrected chi connectivity index (χ0v) is 12.9. The third kappa shape index (κ3) is 2.94. The second kappa shape index (κ2) is 6.07. The summed E-state index contributed by atoms with van der Waals surface area (Å²) in [5, 5.41) is 3.00. The summed E-state index contributed by atoms with van der Waals surface area (Å²) in [4.78, 5) is 4.35. The molecule has 0 aromatic carbocycles. The molecule has 1 aromatic rings. The molecule has 1 fully saturated rings. The first-order valence-corrected chi connectivity index (χ1v) is 8.23. The normalized spacial score (nSPS) is 24.6. The smallest absolute Gasteiger partial charge is 0.247 e. The molecule has 2 unspecified atom stereocenters. The minimum absolute atomic E-state index is 0.0970. The highest BCUT2D eigenvalue weighted by Gasteiger charge is 2.35. The molecule has 0 spiro atoms. The van der Waals surface area contributed by atoms with Gasteiger partial charge < -0.3 is 10.1 Å². The number of pyridine rings is 1. The fourth-order valence-electron chi connectivity index (χ4n) is 2.23. The Morgan fingerprint density at radius 3 is 2.95 bits per heavy atom. The Morgan fingerprint density at radius 1 is 1.50 bits per heavy atom. The molecule has 20 heavy (non-hydrogen) atoms. The van der Waals surface area contributed by atoms with Gasteiger partial charge in [-0.25, -0.2) is 13.4 Å². The van der Waals surface area contributed by atoms with Crippen molar-refractivity contribution in [2.75, 3.05) is 25.0 Å². The van der Waals surface area contributed by atoms with Crippen LogP contribution in [0.1, 0.15) is 20.8 Å². The molecule has 0 saturated carbocycles. The van der Waals surface area contributed by atoms with E-state index in [0.29, 0.717) is 25.5 Å². The maximum atomic E-state index is 12.8. The standard InChI is InChI=1S/C13H21N3O3S/c1-4-14-13-12(6-5-7-15-13)20(17,18)16-8-11(3)19-9-10(16)2/h5-7,10-11H,4,8-9H2,1-3H3,(H,14,15). The van der Waals surface area contributed by atoms with Gasteiger partial charge in [-0.3, -0.25) is 0 Å².